The van der Waals surface area contributed by atoms with Crippen LogP contribution in [0.25, 0.3) is 0 Å². The molecule has 0 bridgehead atoms. The Morgan fingerprint density at radius 3 is 2.50 bits per heavy atom. The van der Waals surface area contributed by atoms with Crippen molar-refractivity contribution in [2.45, 2.75) is 55.9 Å². The number of nitrogens with two attached hydrogens (primary N) is 1. The van der Waals surface area contributed by atoms with E-state index in [0.29, 0.717) is 35.7 Å². The molecule has 1 saturated heterocycles. The number of para-hydroxylation sites is 2. The van der Waals surface area contributed by atoms with E-state index in [-0.39, 0.29) is 43.5 Å². The summed E-state index contributed by atoms with van der Waals surface area (Å²) in [6.07, 6.45) is 2.03. The van der Waals surface area contributed by atoms with E-state index in [1.165, 1.54) is 0 Å². The van der Waals surface area contributed by atoms with Gasteiger partial charge in [-0.1, -0.05) is 60.3 Å². The largest absolute Gasteiger partial charge is 0.397 e. The van der Waals surface area contributed by atoms with Gasteiger partial charge in [0.1, 0.15) is 6.33 Å². The fourth-order valence-corrected chi connectivity index (χ4v) is 5.72. The van der Waals surface area contributed by atoms with Crippen LogP contribution >= 0.6 is 11.8 Å². The number of carbonyl (C=O) groups excluding carboxylic acids is 2. The number of rotatable bonds is 12. The molecule has 4 aromatic rings. The van der Waals surface area contributed by atoms with Crippen LogP contribution in [0.4, 0.5) is 17.1 Å². The average Bonchev–Trinajstić information content (AvgIpc) is 3.45. The summed E-state index contributed by atoms with van der Waals surface area (Å²) in [6, 6.07) is 22.2. The minimum atomic E-state index is -0.665. The molecule has 0 aliphatic carbocycles. The predicted octanol–water partition coefficient (Wildman–Crippen LogP) is 4.97. The number of benzene rings is 3. The number of amides is 2. The first-order valence-electron chi connectivity index (χ1n) is 14.4. The van der Waals surface area contributed by atoms with Crippen LogP contribution in [0, 0.1) is 0 Å². The zero-order valence-corrected chi connectivity index (χ0v) is 25.2. The van der Waals surface area contributed by atoms with E-state index in [2.05, 4.69) is 20.8 Å². The third-order valence-corrected chi connectivity index (χ3v) is 8.33. The van der Waals surface area contributed by atoms with Crippen molar-refractivity contribution in [2.75, 3.05) is 22.1 Å². The topological polar surface area (TPSA) is 154 Å². The number of carbonyl (C=O) groups is 2. The highest BCUT2D eigenvalue weighted by atomic mass is 32.2. The van der Waals surface area contributed by atoms with Crippen LogP contribution in [0.15, 0.2) is 84.3 Å². The van der Waals surface area contributed by atoms with Gasteiger partial charge in [-0.25, -0.2) is 0 Å². The van der Waals surface area contributed by atoms with E-state index >= 15 is 0 Å². The van der Waals surface area contributed by atoms with Gasteiger partial charge in [0, 0.05) is 43.3 Å². The van der Waals surface area contributed by atoms with Crippen LogP contribution in [0.1, 0.15) is 54.8 Å². The van der Waals surface area contributed by atoms with Gasteiger partial charge in [0.15, 0.2) is 11.4 Å². The normalized spacial score (nSPS) is 18.1. The highest BCUT2D eigenvalue weighted by Gasteiger charge is 2.32. The number of aryl methyl sites for hydroxylation is 1. The Morgan fingerprint density at radius 1 is 1.00 bits per heavy atom. The summed E-state index contributed by atoms with van der Waals surface area (Å²) in [6.45, 7) is -0.0248. The lowest BCUT2D eigenvalue weighted by Gasteiger charge is -2.36. The van der Waals surface area contributed by atoms with E-state index in [4.69, 9.17) is 15.2 Å². The van der Waals surface area contributed by atoms with Crippen LogP contribution < -0.4 is 16.4 Å². The van der Waals surface area contributed by atoms with Gasteiger partial charge in [-0.05, 0) is 41.8 Å². The molecule has 0 radical (unpaired) electrons. The molecule has 3 atom stereocenters. The number of nitrogens with zero attached hydrogens (tertiary/aromatic N) is 3. The summed E-state index contributed by atoms with van der Waals surface area (Å²) in [4.78, 5) is 25.0. The minimum Gasteiger partial charge on any atom is -0.397 e. The maximum absolute atomic E-state index is 12.7. The number of hydrogen-bond donors (Lipinski definition) is 4. The predicted molar refractivity (Wildman–Crippen MR) is 169 cm³/mol. The number of ether oxygens (including phenoxy) is 2. The highest BCUT2D eigenvalue weighted by molar-refractivity contribution is 7.99. The molecule has 5 rings (SSSR count). The maximum Gasteiger partial charge on any atom is 0.224 e. The van der Waals surface area contributed by atoms with Crippen LogP contribution in [-0.4, -0.2) is 43.5 Å². The number of aliphatic hydroxyl groups is 1. The molecule has 1 aromatic heterocycles. The first kappa shape index (κ1) is 31.2. The highest BCUT2D eigenvalue weighted by Crippen LogP contribution is 2.39. The first-order chi connectivity index (χ1) is 21.4. The number of nitrogen functional groups attached to an aromatic ring is 1. The summed E-state index contributed by atoms with van der Waals surface area (Å²) >= 11 is 1.57. The number of aromatic nitrogens is 3. The summed E-state index contributed by atoms with van der Waals surface area (Å²) < 4.78 is 14.7. The molecule has 5 N–H and O–H groups in total. The number of aliphatic hydroxyl groups excluding tert-OH is 1. The number of hydrogen-bond acceptors (Lipinski definition) is 9. The fourth-order valence-electron chi connectivity index (χ4n) is 4.81. The van der Waals surface area contributed by atoms with Crippen LogP contribution in [-0.2, 0) is 32.7 Å². The van der Waals surface area contributed by atoms with E-state index in [9.17, 15) is 14.7 Å². The van der Waals surface area contributed by atoms with Crippen molar-refractivity contribution in [1.82, 2.24) is 14.8 Å². The minimum absolute atomic E-state index is 0.0248. The first-order valence-corrected chi connectivity index (χ1v) is 15.4. The van der Waals surface area contributed by atoms with Crippen molar-refractivity contribution in [3.8, 4) is 0 Å². The zero-order chi connectivity index (χ0) is 30.9. The second-order valence-electron chi connectivity index (χ2n) is 10.5. The second kappa shape index (κ2) is 15.0. The molecule has 1 aliphatic heterocycles. The van der Waals surface area contributed by atoms with Gasteiger partial charge >= 0.3 is 0 Å². The number of anilines is 3. The summed E-state index contributed by atoms with van der Waals surface area (Å²) in [5.74, 6) is 0.259. The van der Waals surface area contributed by atoms with E-state index in [0.717, 1.165) is 21.8 Å². The molecule has 230 valence electrons. The quantitative estimate of drug-likeness (QED) is 0.128. The van der Waals surface area contributed by atoms with E-state index in [1.807, 2.05) is 60.1 Å². The van der Waals surface area contributed by atoms with Crippen molar-refractivity contribution >= 4 is 40.6 Å². The summed E-state index contributed by atoms with van der Waals surface area (Å²) in [7, 11) is 1.90. The molecule has 44 heavy (non-hydrogen) atoms. The van der Waals surface area contributed by atoms with Gasteiger partial charge in [-0.3, -0.25) is 9.59 Å². The SMILES string of the molecule is Cn1cnnc1SCC1CC(c2ccc(CO)cc2)OC(c2cccc(NC(=O)CCCC(=O)Nc3ccccc3N)c2)O1. The molecule has 2 amide bonds. The third kappa shape index (κ3) is 8.44. The molecule has 0 spiro atoms. The van der Waals surface area contributed by atoms with Gasteiger partial charge in [0.2, 0.25) is 11.8 Å². The Balaban J connectivity index is 1.20. The standard InChI is InChI=1S/C32H36N6O5S/c1-38-20-34-37-32(38)44-19-25-17-28(22-14-12-21(18-39)13-15-22)43-31(42-25)23-6-4-7-24(16-23)35-29(40)10-5-11-30(41)36-27-9-3-2-8-26(27)33/h2-4,6-9,12-16,20,25,28,31,39H,5,10-11,17-19,33H2,1H3,(H,35,40)(H,36,41). The average molecular weight is 617 g/mol. The molecule has 1 aliphatic rings. The Hall–Kier alpha value is -4.23. The monoisotopic (exact) mass is 616 g/mol. The fraction of sp³-hybridized carbons (Fsp3) is 0.312. The van der Waals surface area contributed by atoms with Crippen molar-refractivity contribution in [2.24, 2.45) is 7.05 Å². The molecule has 12 heteroatoms. The van der Waals surface area contributed by atoms with Crippen molar-refractivity contribution < 1.29 is 24.2 Å². The molecule has 2 heterocycles. The molecule has 11 nitrogen and oxygen atoms in total. The third-order valence-electron chi connectivity index (χ3n) is 7.17. The van der Waals surface area contributed by atoms with E-state index in [1.54, 1.807) is 42.4 Å². The van der Waals surface area contributed by atoms with E-state index < -0.39 is 6.29 Å². The van der Waals surface area contributed by atoms with Gasteiger partial charge in [-0.2, -0.15) is 0 Å². The van der Waals surface area contributed by atoms with Crippen LogP contribution in [0.3, 0.4) is 0 Å². The maximum atomic E-state index is 12.7. The number of nitrogens with one attached hydrogen (secondary N) is 2. The second-order valence-corrected chi connectivity index (χ2v) is 11.5. The lowest BCUT2D eigenvalue weighted by atomic mass is 10.0. The molecule has 3 unspecified atom stereocenters. The van der Waals surface area contributed by atoms with Gasteiger partial charge in [-0.15, -0.1) is 10.2 Å². The van der Waals surface area contributed by atoms with Crippen molar-refractivity contribution in [3.63, 3.8) is 0 Å². The van der Waals surface area contributed by atoms with Crippen molar-refractivity contribution in [1.29, 1.82) is 0 Å². The number of thioether (sulfide) groups is 1. The Labute approximate surface area is 260 Å². The summed E-state index contributed by atoms with van der Waals surface area (Å²) in [5.41, 5.74) is 10.1. The Kier molecular flexibility index (Phi) is 10.6. The zero-order valence-electron chi connectivity index (χ0n) is 24.4. The van der Waals surface area contributed by atoms with Gasteiger partial charge in [0.25, 0.3) is 0 Å². The lowest BCUT2D eigenvalue weighted by Crippen LogP contribution is -2.31. The summed E-state index contributed by atoms with van der Waals surface area (Å²) in [5, 5.41) is 24.1. The van der Waals surface area contributed by atoms with Crippen LogP contribution in [0.5, 0.6) is 0 Å². The molecule has 1 fully saturated rings. The van der Waals surface area contributed by atoms with Gasteiger partial charge < -0.3 is 35.5 Å². The lowest BCUT2D eigenvalue weighted by molar-refractivity contribution is -0.245. The molecule has 0 saturated carbocycles. The Bertz CT molecular complexity index is 1560. The van der Waals surface area contributed by atoms with Gasteiger partial charge in [0.05, 0.1) is 30.2 Å². The smallest absolute Gasteiger partial charge is 0.224 e. The van der Waals surface area contributed by atoms with Crippen molar-refractivity contribution in [3.05, 3.63) is 95.8 Å². The molecular formula is C32H36N6O5S. The molecular weight excluding hydrogens is 580 g/mol. The molecule has 3 aromatic carbocycles. The van der Waals surface area contributed by atoms with Crippen LogP contribution in [0.2, 0.25) is 0 Å². The Morgan fingerprint density at radius 2 is 1.77 bits per heavy atom.